The van der Waals surface area contributed by atoms with Gasteiger partial charge in [-0.2, -0.15) is 0 Å². The van der Waals surface area contributed by atoms with Crippen LogP contribution < -0.4 is 20.7 Å². The molecular weight excluding hydrogens is 552 g/mol. The second-order valence-electron chi connectivity index (χ2n) is 11.4. The highest BCUT2D eigenvalue weighted by atomic mass is 16.5. The SMILES string of the molecule is CCOC(=O)C1=C(C)NC(=O)NC1c1ccc(OCC(=O)NCCOCCn2cc(C(C)(C)C(C)C(C)CC)nn2)cc1. The summed E-state index contributed by atoms with van der Waals surface area (Å²) in [6.45, 7) is 16.3. The molecule has 1 aromatic carbocycles. The normalized spacial score (nSPS) is 16.6. The van der Waals surface area contributed by atoms with Crippen molar-refractivity contribution in [1.29, 1.82) is 0 Å². The summed E-state index contributed by atoms with van der Waals surface area (Å²) in [6, 6.07) is 5.75. The molecule has 0 radical (unpaired) electrons. The molecule has 0 fully saturated rings. The predicted octanol–water partition coefficient (Wildman–Crippen LogP) is 3.64. The Morgan fingerprint density at radius 3 is 2.53 bits per heavy atom. The molecule has 3 amide bonds. The Morgan fingerprint density at radius 1 is 1.14 bits per heavy atom. The average molecular weight is 599 g/mol. The van der Waals surface area contributed by atoms with E-state index in [1.807, 2.05) is 6.20 Å². The lowest BCUT2D eigenvalue weighted by atomic mass is 9.71. The van der Waals surface area contributed by atoms with Crippen LogP contribution in [0, 0.1) is 11.8 Å². The number of nitrogens with zero attached hydrogens (tertiary/aromatic N) is 3. The molecule has 2 aromatic rings. The number of rotatable bonds is 16. The topological polar surface area (TPSA) is 146 Å². The maximum atomic E-state index is 12.5. The van der Waals surface area contributed by atoms with Crippen LogP contribution in [0.15, 0.2) is 41.7 Å². The number of nitrogens with one attached hydrogen (secondary N) is 3. The molecule has 236 valence electrons. The second kappa shape index (κ2) is 15.5. The van der Waals surface area contributed by atoms with Crippen molar-refractivity contribution in [3.8, 4) is 5.75 Å². The van der Waals surface area contributed by atoms with Gasteiger partial charge in [0.1, 0.15) is 5.75 Å². The zero-order valence-electron chi connectivity index (χ0n) is 26.4. The smallest absolute Gasteiger partial charge is 0.338 e. The third kappa shape index (κ3) is 9.03. The van der Waals surface area contributed by atoms with Crippen molar-refractivity contribution in [2.24, 2.45) is 11.8 Å². The minimum atomic E-state index is -0.665. The van der Waals surface area contributed by atoms with E-state index in [4.69, 9.17) is 14.2 Å². The predicted molar refractivity (Wildman–Crippen MR) is 161 cm³/mol. The van der Waals surface area contributed by atoms with Crippen LogP contribution in [0.4, 0.5) is 4.79 Å². The summed E-state index contributed by atoms with van der Waals surface area (Å²) in [4.78, 5) is 36.7. The lowest BCUT2D eigenvalue weighted by Gasteiger charge is -2.33. The van der Waals surface area contributed by atoms with Gasteiger partial charge in [-0.05, 0) is 43.4 Å². The van der Waals surface area contributed by atoms with E-state index in [0.29, 0.717) is 60.7 Å². The van der Waals surface area contributed by atoms with E-state index >= 15 is 0 Å². The summed E-state index contributed by atoms with van der Waals surface area (Å²) in [5, 5.41) is 16.8. The number of hydrogen-bond donors (Lipinski definition) is 3. The van der Waals surface area contributed by atoms with E-state index in [2.05, 4.69) is 60.9 Å². The average Bonchev–Trinajstić information content (AvgIpc) is 3.47. The Kier molecular flexibility index (Phi) is 12.1. The molecular formula is C31H46N6O6. The minimum Gasteiger partial charge on any atom is -0.484 e. The van der Waals surface area contributed by atoms with E-state index in [1.54, 1.807) is 42.8 Å². The summed E-state index contributed by atoms with van der Waals surface area (Å²) in [5.74, 6) is 0.760. The molecule has 12 nitrogen and oxygen atoms in total. The lowest BCUT2D eigenvalue weighted by molar-refractivity contribution is -0.139. The van der Waals surface area contributed by atoms with E-state index in [1.165, 1.54) is 0 Å². The molecule has 3 N–H and O–H groups in total. The van der Waals surface area contributed by atoms with Gasteiger partial charge in [0, 0.05) is 23.9 Å². The summed E-state index contributed by atoms with van der Waals surface area (Å²) < 4.78 is 18.2. The number of urea groups is 1. The Morgan fingerprint density at radius 2 is 1.86 bits per heavy atom. The molecule has 0 saturated heterocycles. The fourth-order valence-electron chi connectivity index (χ4n) is 4.90. The van der Waals surface area contributed by atoms with Gasteiger partial charge < -0.3 is 30.2 Å². The number of esters is 1. The molecule has 3 atom stereocenters. The van der Waals surface area contributed by atoms with Crippen molar-refractivity contribution in [2.75, 3.05) is 33.0 Å². The van der Waals surface area contributed by atoms with Crippen LogP contribution in [0.2, 0.25) is 0 Å². The van der Waals surface area contributed by atoms with Crippen molar-refractivity contribution in [3.63, 3.8) is 0 Å². The molecule has 2 heterocycles. The van der Waals surface area contributed by atoms with E-state index < -0.39 is 18.0 Å². The second-order valence-corrected chi connectivity index (χ2v) is 11.4. The molecule has 0 bridgehead atoms. The molecule has 12 heteroatoms. The summed E-state index contributed by atoms with van der Waals surface area (Å²) in [7, 11) is 0. The zero-order valence-corrected chi connectivity index (χ0v) is 26.4. The first kappa shape index (κ1) is 33.6. The van der Waals surface area contributed by atoms with Gasteiger partial charge in [0.25, 0.3) is 5.91 Å². The Hall–Kier alpha value is -3.93. The summed E-state index contributed by atoms with van der Waals surface area (Å²) in [6.07, 6.45) is 3.12. The molecule has 3 rings (SSSR count). The van der Waals surface area contributed by atoms with E-state index in [-0.39, 0.29) is 24.5 Å². The number of hydrogen-bond acceptors (Lipinski definition) is 8. The van der Waals surface area contributed by atoms with Crippen molar-refractivity contribution in [1.82, 2.24) is 30.9 Å². The molecule has 1 aromatic heterocycles. The van der Waals surface area contributed by atoms with Crippen LogP contribution in [0.1, 0.15) is 72.2 Å². The largest absolute Gasteiger partial charge is 0.484 e. The van der Waals surface area contributed by atoms with Gasteiger partial charge in [-0.1, -0.05) is 58.4 Å². The van der Waals surface area contributed by atoms with Crippen molar-refractivity contribution >= 4 is 17.9 Å². The third-order valence-corrected chi connectivity index (χ3v) is 8.22. The van der Waals surface area contributed by atoms with E-state index in [9.17, 15) is 14.4 Å². The van der Waals surface area contributed by atoms with Gasteiger partial charge in [0.15, 0.2) is 6.61 Å². The number of ether oxygens (including phenoxy) is 3. The number of carbonyl (C=O) groups is 3. The number of aromatic nitrogens is 3. The van der Waals surface area contributed by atoms with Gasteiger partial charge >= 0.3 is 12.0 Å². The summed E-state index contributed by atoms with van der Waals surface area (Å²) >= 11 is 0. The molecule has 0 spiro atoms. The maximum Gasteiger partial charge on any atom is 0.338 e. The maximum absolute atomic E-state index is 12.5. The van der Waals surface area contributed by atoms with Crippen molar-refractivity contribution < 1.29 is 28.6 Å². The highest BCUT2D eigenvalue weighted by Crippen LogP contribution is 2.36. The molecule has 0 saturated carbocycles. The highest BCUT2D eigenvalue weighted by molar-refractivity contribution is 5.95. The van der Waals surface area contributed by atoms with Crippen molar-refractivity contribution in [2.45, 2.75) is 72.9 Å². The van der Waals surface area contributed by atoms with Gasteiger partial charge in [0.2, 0.25) is 0 Å². The van der Waals surface area contributed by atoms with Gasteiger partial charge in [-0.25, -0.2) is 14.3 Å². The summed E-state index contributed by atoms with van der Waals surface area (Å²) in [5.41, 5.74) is 2.36. The number of benzene rings is 1. The number of amides is 3. The van der Waals surface area contributed by atoms with Crippen LogP contribution in [0.25, 0.3) is 0 Å². The molecule has 1 aliphatic rings. The first-order valence-corrected chi connectivity index (χ1v) is 14.9. The van der Waals surface area contributed by atoms with Crippen LogP contribution in [0.5, 0.6) is 5.75 Å². The van der Waals surface area contributed by atoms with E-state index in [0.717, 1.165) is 12.1 Å². The van der Waals surface area contributed by atoms with Crippen LogP contribution >= 0.6 is 0 Å². The monoisotopic (exact) mass is 598 g/mol. The first-order chi connectivity index (χ1) is 20.5. The molecule has 3 unspecified atom stereocenters. The Bertz CT molecular complexity index is 1270. The fourth-order valence-corrected chi connectivity index (χ4v) is 4.90. The standard InChI is InChI=1S/C31H46N6O6/c1-8-20(3)21(4)31(6,7)25-18-37(36-35-25)15-17-41-16-14-32-26(38)19-43-24-12-10-23(11-13-24)28-27(29(39)42-9-2)22(5)33-30(40)34-28/h10-13,18,20-21,28H,8-9,14-17,19H2,1-7H3,(H,32,38)(H2,33,34,40). The number of carbonyl (C=O) groups excluding carboxylic acids is 3. The van der Waals surface area contributed by atoms with Gasteiger partial charge in [-0.3, -0.25) is 4.79 Å². The fraction of sp³-hybridized carbons (Fsp3) is 0.581. The van der Waals surface area contributed by atoms with Crippen LogP contribution in [0.3, 0.4) is 0 Å². The Balaban J connectivity index is 1.38. The first-order valence-electron chi connectivity index (χ1n) is 14.9. The van der Waals surface area contributed by atoms with Gasteiger partial charge in [-0.15, -0.1) is 5.10 Å². The molecule has 1 aliphatic heterocycles. The third-order valence-electron chi connectivity index (χ3n) is 8.22. The van der Waals surface area contributed by atoms with Crippen LogP contribution in [-0.2, 0) is 31.0 Å². The molecule has 43 heavy (non-hydrogen) atoms. The Labute approximate surface area is 253 Å². The van der Waals surface area contributed by atoms with Crippen LogP contribution in [-0.4, -0.2) is 65.9 Å². The van der Waals surface area contributed by atoms with Crippen molar-refractivity contribution in [3.05, 3.63) is 53.0 Å². The minimum absolute atomic E-state index is 0.0716. The zero-order chi connectivity index (χ0) is 31.6. The highest BCUT2D eigenvalue weighted by Gasteiger charge is 2.34. The quantitative estimate of drug-likeness (QED) is 0.196. The lowest BCUT2D eigenvalue weighted by Crippen LogP contribution is -2.45. The van der Waals surface area contributed by atoms with Gasteiger partial charge in [0.05, 0.1) is 43.7 Å². The number of allylic oxidation sites excluding steroid dienone is 1. The molecule has 0 aliphatic carbocycles.